The van der Waals surface area contributed by atoms with Crippen LogP contribution in [0.15, 0.2) is 29.1 Å². The molecule has 0 aliphatic carbocycles. The van der Waals surface area contributed by atoms with Gasteiger partial charge in [0.05, 0.1) is 16.9 Å². The Hall–Kier alpha value is -1.68. The number of para-hydroxylation sites is 1. The Morgan fingerprint density at radius 2 is 1.95 bits per heavy atom. The molecule has 0 fully saturated rings. The van der Waals surface area contributed by atoms with Crippen LogP contribution >= 0.6 is 0 Å². The van der Waals surface area contributed by atoms with Gasteiger partial charge in [-0.3, -0.25) is 9.36 Å². The molecule has 1 heterocycles. The van der Waals surface area contributed by atoms with E-state index in [0.29, 0.717) is 18.0 Å². The summed E-state index contributed by atoms with van der Waals surface area (Å²) < 4.78 is 1.81. The van der Waals surface area contributed by atoms with Crippen molar-refractivity contribution in [2.24, 2.45) is 0 Å². The van der Waals surface area contributed by atoms with Crippen molar-refractivity contribution < 1.29 is 5.32 Å². The van der Waals surface area contributed by atoms with Crippen molar-refractivity contribution in [3.8, 4) is 0 Å². The van der Waals surface area contributed by atoms with E-state index >= 15 is 0 Å². The number of benzene rings is 1. The second-order valence-electron chi connectivity index (χ2n) is 5.49. The Morgan fingerprint density at radius 1 is 1.25 bits per heavy atom. The van der Waals surface area contributed by atoms with E-state index in [1.165, 1.54) is 0 Å². The van der Waals surface area contributed by atoms with E-state index in [-0.39, 0.29) is 11.6 Å². The summed E-state index contributed by atoms with van der Waals surface area (Å²) in [4.78, 5) is 17.4. The zero-order valence-electron chi connectivity index (χ0n) is 12.8. The summed E-state index contributed by atoms with van der Waals surface area (Å²) in [5.41, 5.74) is 0.872. The fourth-order valence-electron chi connectivity index (χ4n) is 2.64. The van der Waals surface area contributed by atoms with E-state index in [0.717, 1.165) is 17.8 Å². The number of hydrogen-bond acceptors (Lipinski definition) is 2. The molecule has 20 heavy (non-hydrogen) atoms. The van der Waals surface area contributed by atoms with Crippen LogP contribution in [0.5, 0.6) is 0 Å². The summed E-state index contributed by atoms with van der Waals surface area (Å²) in [6.45, 7) is 9.14. The molecule has 0 saturated carbocycles. The van der Waals surface area contributed by atoms with Crippen LogP contribution < -0.4 is 10.9 Å². The highest BCUT2D eigenvalue weighted by molar-refractivity contribution is 5.77. The average molecular weight is 274 g/mol. The van der Waals surface area contributed by atoms with Crippen molar-refractivity contribution in [3.05, 3.63) is 40.4 Å². The molecule has 0 bridgehead atoms. The third-order valence-electron chi connectivity index (χ3n) is 3.60. The van der Waals surface area contributed by atoms with Gasteiger partial charge in [0.2, 0.25) is 0 Å². The highest BCUT2D eigenvalue weighted by Gasteiger charge is 2.21. The molecule has 0 aliphatic rings. The van der Waals surface area contributed by atoms with Gasteiger partial charge in [0.25, 0.3) is 5.56 Å². The zero-order valence-corrected chi connectivity index (χ0v) is 12.8. The topological polar surface area (TPSA) is 51.5 Å². The standard InChI is InChI=1S/C16H23N3O/c1-5-13(17-11(3)4)15-18-14-10-8-7-9-12(14)16(20)19(15)6-2/h7-11,13,17H,5-6H2,1-4H3/p+1/t13-/m0/s1. The average Bonchev–Trinajstić information content (AvgIpc) is 2.44. The third-order valence-corrected chi connectivity index (χ3v) is 3.60. The first-order valence-corrected chi connectivity index (χ1v) is 7.42. The summed E-state index contributed by atoms with van der Waals surface area (Å²) in [6, 6.07) is 8.31. The lowest BCUT2D eigenvalue weighted by atomic mass is 10.1. The van der Waals surface area contributed by atoms with Gasteiger partial charge in [0.1, 0.15) is 6.04 Å². The van der Waals surface area contributed by atoms with Gasteiger partial charge in [0, 0.05) is 13.0 Å². The van der Waals surface area contributed by atoms with Crippen molar-refractivity contribution in [2.45, 2.75) is 52.7 Å². The molecule has 1 atom stereocenters. The molecule has 2 aromatic rings. The van der Waals surface area contributed by atoms with Crippen molar-refractivity contribution >= 4 is 10.9 Å². The van der Waals surface area contributed by atoms with Crippen molar-refractivity contribution in [1.82, 2.24) is 9.55 Å². The van der Waals surface area contributed by atoms with Gasteiger partial charge in [-0.2, -0.15) is 0 Å². The zero-order chi connectivity index (χ0) is 14.7. The number of nitrogens with zero attached hydrogens (tertiary/aromatic N) is 2. The molecule has 0 unspecified atom stereocenters. The fraction of sp³-hybridized carbons (Fsp3) is 0.500. The summed E-state index contributed by atoms with van der Waals surface area (Å²) >= 11 is 0. The van der Waals surface area contributed by atoms with E-state index in [9.17, 15) is 4.79 Å². The molecule has 0 amide bonds. The quantitative estimate of drug-likeness (QED) is 0.904. The minimum Gasteiger partial charge on any atom is -0.336 e. The molecule has 1 aromatic carbocycles. The van der Waals surface area contributed by atoms with Crippen LogP contribution in [0.2, 0.25) is 0 Å². The Kier molecular flexibility index (Phi) is 4.55. The third kappa shape index (κ3) is 2.75. The van der Waals surface area contributed by atoms with Crippen LogP contribution in [0.25, 0.3) is 10.9 Å². The highest BCUT2D eigenvalue weighted by atomic mass is 16.1. The van der Waals surface area contributed by atoms with Crippen LogP contribution in [0.4, 0.5) is 0 Å². The van der Waals surface area contributed by atoms with Gasteiger partial charge in [0.15, 0.2) is 5.82 Å². The van der Waals surface area contributed by atoms with E-state index < -0.39 is 0 Å². The van der Waals surface area contributed by atoms with Gasteiger partial charge >= 0.3 is 0 Å². The number of quaternary nitrogens is 1. The second-order valence-corrected chi connectivity index (χ2v) is 5.49. The van der Waals surface area contributed by atoms with Gasteiger partial charge in [-0.1, -0.05) is 19.1 Å². The molecule has 4 nitrogen and oxygen atoms in total. The number of aromatic nitrogens is 2. The van der Waals surface area contributed by atoms with Crippen molar-refractivity contribution in [1.29, 1.82) is 0 Å². The second kappa shape index (κ2) is 6.18. The SMILES string of the molecule is CC[C@H]([NH2+]C(C)C)c1nc2ccccc2c(=O)n1CC. The van der Waals surface area contributed by atoms with Gasteiger partial charge < -0.3 is 5.32 Å². The maximum absolute atomic E-state index is 12.6. The molecule has 0 spiro atoms. The molecular formula is C16H24N3O+. The number of nitrogens with two attached hydrogens (primary N) is 1. The number of rotatable bonds is 5. The minimum atomic E-state index is 0.0729. The Bertz CT molecular complexity index is 646. The first kappa shape index (κ1) is 14.7. The molecule has 0 saturated heterocycles. The maximum Gasteiger partial charge on any atom is 0.261 e. The Morgan fingerprint density at radius 3 is 2.55 bits per heavy atom. The normalized spacial score (nSPS) is 13.1. The molecule has 0 radical (unpaired) electrons. The fourth-order valence-corrected chi connectivity index (χ4v) is 2.64. The van der Waals surface area contributed by atoms with E-state index in [4.69, 9.17) is 4.98 Å². The van der Waals surface area contributed by atoms with Gasteiger partial charge in [-0.15, -0.1) is 0 Å². The predicted octanol–water partition coefficient (Wildman–Crippen LogP) is 1.84. The van der Waals surface area contributed by atoms with Crippen LogP contribution in [-0.2, 0) is 6.54 Å². The van der Waals surface area contributed by atoms with E-state index in [1.807, 2.05) is 35.8 Å². The Labute approximate surface area is 119 Å². The van der Waals surface area contributed by atoms with E-state index in [1.54, 1.807) is 0 Å². The lowest BCUT2D eigenvalue weighted by molar-refractivity contribution is -0.723. The summed E-state index contributed by atoms with van der Waals surface area (Å²) in [6.07, 6.45) is 0.961. The Balaban J connectivity index is 2.65. The summed E-state index contributed by atoms with van der Waals surface area (Å²) in [5.74, 6) is 0.896. The van der Waals surface area contributed by atoms with Crippen LogP contribution in [0.3, 0.4) is 0 Å². The van der Waals surface area contributed by atoms with Crippen LogP contribution in [0, 0.1) is 0 Å². The number of hydrogen-bond donors (Lipinski definition) is 1. The first-order chi connectivity index (χ1) is 9.58. The smallest absolute Gasteiger partial charge is 0.261 e. The predicted molar refractivity (Wildman–Crippen MR) is 81.8 cm³/mol. The lowest BCUT2D eigenvalue weighted by Crippen LogP contribution is -2.89. The molecule has 2 N–H and O–H groups in total. The van der Waals surface area contributed by atoms with E-state index in [2.05, 4.69) is 26.1 Å². The first-order valence-electron chi connectivity index (χ1n) is 7.42. The van der Waals surface area contributed by atoms with Gasteiger partial charge in [-0.25, -0.2) is 4.98 Å². The molecule has 4 heteroatoms. The largest absolute Gasteiger partial charge is 0.336 e. The van der Waals surface area contributed by atoms with Crippen LogP contribution in [0.1, 0.15) is 46.0 Å². The molecule has 108 valence electrons. The summed E-state index contributed by atoms with van der Waals surface area (Å²) in [5, 5.41) is 2.99. The van der Waals surface area contributed by atoms with Crippen LogP contribution in [-0.4, -0.2) is 15.6 Å². The molecule has 1 aromatic heterocycles. The monoisotopic (exact) mass is 274 g/mol. The number of fused-ring (bicyclic) bond motifs is 1. The highest BCUT2D eigenvalue weighted by Crippen LogP contribution is 2.14. The molecule has 0 aliphatic heterocycles. The maximum atomic E-state index is 12.6. The molecule has 2 rings (SSSR count). The molecular weight excluding hydrogens is 250 g/mol. The summed E-state index contributed by atoms with van der Waals surface area (Å²) in [7, 11) is 0. The van der Waals surface area contributed by atoms with Crippen molar-refractivity contribution in [3.63, 3.8) is 0 Å². The lowest BCUT2D eigenvalue weighted by Gasteiger charge is -2.20. The van der Waals surface area contributed by atoms with Gasteiger partial charge in [-0.05, 0) is 32.9 Å². The van der Waals surface area contributed by atoms with Crippen molar-refractivity contribution in [2.75, 3.05) is 0 Å². The minimum absolute atomic E-state index is 0.0729.